The molecule has 0 spiro atoms. The minimum atomic E-state index is -0.988. The van der Waals surface area contributed by atoms with Crippen molar-refractivity contribution in [3.05, 3.63) is 66.2 Å². The molecule has 18 heavy (non-hydrogen) atoms. The van der Waals surface area contributed by atoms with E-state index < -0.39 is 5.97 Å². The summed E-state index contributed by atoms with van der Waals surface area (Å²) in [6.07, 6.45) is 0. The van der Waals surface area contributed by atoms with E-state index in [9.17, 15) is 4.79 Å². The highest BCUT2D eigenvalue weighted by molar-refractivity contribution is 6.14. The first-order valence-electron chi connectivity index (χ1n) is 5.67. The van der Waals surface area contributed by atoms with E-state index in [1.54, 1.807) is 12.1 Å². The van der Waals surface area contributed by atoms with Crippen molar-refractivity contribution in [3.63, 3.8) is 0 Å². The van der Waals surface area contributed by atoms with E-state index in [4.69, 9.17) is 5.11 Å². The lowest BCUT2D eigenvalue weighted by Crippen LogP contribution is -1.97. The van der Waals surface area contributed by atoms with Crippen LogP contribution in [0.3, 0.4) is 0 Å². The molecule has 0 radical (unpaired) electrons. The summed E-state index contributed by atoms with van der Waals surface area (Å²) in [4.78, 5) is 10.8. The van der Waals surface area contributed by atoms with Gasteiger partial charge in [0.15, 0.2) is 0 Å². The van der Waals surface area contributed by atoms with Crippen LogP contribution in [0, 0.1) is 6.92 Å². The number of rotatable bonds is 3. The highest BCUT2D eigenvalue weighted by Gasteiger charge is 2.06. The van der Waals surface area contributed by atoms with Crippen molar-refractivity contribution in [1.82, 2.24) is 0 Å². The predicted octanol–water partition coefficient (Wildman–Crippen LogP) is 3.76. The number of carbonyl (C=O) groups is 1. The summed E-state index contributed by atoms with van der Waals surface area (Å²) < 4.78 is 0. The van der Waals surface area contributed by atoms with Gasteiger partial charge in [0.2, 0.25) is 0 Å². The van der Waals surface area contributed by atoms with Gasteiger partial charge in [0.05, 0.1) is 5.57 Å². The lowest BCUT2D eigenvalue weighted by atomic mass is 10.0. The highest BCUT2D eigenvalue weighted by Crippen LogP contribution is 2.22. The predicted molar refractivity (Wildman–Crippen MR) is 73.3 cm³/mol. The van der Waals surface area contributed by atoms with Crippen molar-refractivity contribution in [2.75, 3.05) is 0 Å². The molecule has 1 N–H and O–H groups in total. The first kappa shape index (κ1) is 12.1. The fourth-order valence-corrected chi connectivity index (χ4v) is 1.73. The minimum absolute atomic E-state index is 0.116. The zero-order chi connectivity index (χ0) is 13.1. The largest absolute Gasteiger partial charge is 0.478 e. The van der Waals surface area contributed by atoms with Crippen molar-refractivity contribution < 1.29 is 9.90 Å². The molecule has 0 fully saturated rings. The first-order valence-corrected chi connectivity index (χ1v) is 5.67. The van der Waals surface area contributed by atoms with E-state index in [0.717, 1.165) is 11.1 Å². The number of carboxylic acid groups (broad SMARTS) is 1. The van der Waals surface area contributed by atoms with Gasteiger partial charge in [-0.25, -0.2) is 4.79 Å². The zero-order valence-electron chi connectivity index (χ0n) is 10.2. The van der Waals surface area contributed by atoms with Crippen molar-refractivity contribution in [2.24, 2.45) is 0 Å². The smallest absolute Gasteiger partial charge is 0.335 e. The topological polar surface area (TPSA) is 37.3 Å². The Morgan fingerprint density at radius 2 is 1.39 bits per heavy atom. The molecule has 0 heterocycles. The Balaban J connectivity index is 2.30. The molecule has 2 aromatic rings. The number of hydrogen-bond acceptors (Lipinski definition) is 1. The van der Waals surface area contributed by atoms with E-state index in [2.05, 4.69) is 30.8 Å². The monoisotopic (exact) mass is 238 g/mol. The molecule has 2 rings (SSSR count). The number of aliphatic carboxylic acids is 1. The van der Waals surface area contributed by atoms with Crippen LogP contribution in [-0.2, 0) is 4.79 Å². The Labute approximate surface area is 106 Å². The van der Waals surface area contributed by atoms with Crippen molar-refractivity contribution in [3.8, 4) is 11.1 Å². The van der Waals surface area contributed by atoms with Crippen LogP contribution in [0.5, 0.6) is 0 Å². The number of aryl methyl sites for hydroxylation is 1. The van der Waals surface area contributed by atoms with Gasteiger partial charge in [-0.3, -0.25) is 0 Å². The Hall–Kier alpha value is -2.35. The zero-order valence-corrected chi connectivity index (χ0v) is 10.2. The van der Waals surface area contributed by atoms with Gasteiger partial charge in [-0.2, -0.15) is 0 Å². The van der Waals surface area contributed by atoms with Crippen molar-refractivity contribution in [2.45, 2.75) is 6.92 Å². The lowest BCUT2D eigenvalue weighted by Gasteiger charge is -2.05. The van der Waals surface area contributed by atoms with Gasteiger partial charge in [0.25, 0.3) is 0 Å². The fourth-order valence-electron chi connectivity index (χ4n) is 1.73. The molecule has 0 atom stereocenters. The molecule has 2 heteroatoms. The Morgan fingerprint density at radius 1 is 0.944 bits per heavy atom. The van der Waals surface area contributed by atoms with E-state index in [0.29, 0.717) is 5.56 Å². The Kier molecular flexibility index (Phi) is 3.28. The van der Waals surface area contributed by atoms with Crippen LogP contribution >= 0.6 is 0 Å². The molecule has 0 saturated heterocycles. The number of carboxylic acids is 1. The van der Waals surface area contributed by atoms with Crippen LogP contribution in [0.1, 0.15) is 11.1 Å². The third kappa shape index (κ3) is 2.48. The number of hydrogen-bond donors (Lipinski definition) is 1. The molecule has 0 unspecified atom stereocenters. The fraction of sp³-hybridized carbons (Fsp3) is 0.0625. The molecule has 0 aliphatic heterocycles. The summed E-state index contributed by atoms with van der Waals surface area (Å²) in [6.45, 7) is 5.58. The van der Waals surface area contributed by atoms with E-state index in [-0.39, 0.29) is 5.57 Å². The average Bonchev–Trinajstić information content (AvgIpc) is 2.39. The van der Waals surface area contributed by atoms with Crippen LogP contribution in [0.15, 0.2) is 55.1 Å². The summed E-state index contributed by atoms with van der Waals surface area (Å²) >= 11 is 0. The SMILES string of the molecule is C=C(C(=O)O)c1ccc(-c2ccc(C)cc2)cc1. The van der Waals surface area contributed by atoms with Gasteiger partial charge in [0.1, 0.15) is 0 Å². The molecular formula is C16H14O2. The van der Waals surface area contributed by atoms with Crippen LogP contribution in [0.2, 0.25) is 0 Å². The first-order chi connectivity index (χ1) is 8.58. The van der Waals surface area contributed by atoms with Crippen LogP contribution in [0.4, 0.5) is 0 Å². The maximum absolute atomic E-state index is 10.8. The summed E-state index contributed by atoms with van der Waals surface area (Å²) in [5.74, 6) is -0.988. The van der Waals surface area contributed by atoms with E-state index >= 15 is 0 Å². The third-order valence-corrected chi connectivity index (χ3v) is 2.88. The molecule has 0 bridgehead atoms. The molecule has 0 aliphatic rings. The number of benzene rings is 2. The second-order valence-corrected chi connectivity index (χ2v) is 4.23. The molecule has 0 amide bonds. The van der Waals surface area contributed by atoms with Crippen LogP contribution in [0.25, 0.3) is 16.7 Å². The van der Waals surface area contributed by atoms with Crippen molar-refractivity contribution >= 4 is 11.5 Å². The molecule has 0 aromatic heterocycles. The van der Waals surface area contributed by atoms with Gasteiger partial charge in [0, 0.05) is 0 Å². The van der Waals surface area contributed by atoms with Gasteiger partial charge in [-0.1, -0.05) is 60.7 Å². The maximum atomic E-state index is 10.8. The summed E-state index contributed by atoms with van der Waals surface area (Å²) in [5.41, 5.74) is 4.16. The van der Waals surface area contributed by atoms with Crippen LogP contribution in [-0.4, -0.2) is 11.1 Å². The average molecular weight is 238 g/mol. The molecule has 90 valence electrons. The Morgan fingerprint density at radius 3 is 1.83 bits per heavy atom. The molecule has 2 nitrogen and oxygen atoms in total. The van der Waals surface area contributed by atoms with Crippen LogP contribution < -0.4 is 0 Å². The lowest BCUT2D eigenvalue weighted by molar-refractivity contribution is -0.130. The molecule has 0 saturated carbocycles. The summed E-state index contributed by atoms with van der Waals surface area (Å²) in [6, 6.07) is 15.6. The quantitative estimate of drug-likeness (QED) is 0.827. The van der Waals surface area contributed by atoms with Crippen molar-refractivity contribution in [1.29, 1.82) is 0 Å². The molecule has 0 aliphatic carbocycles. The Bertz CT molecular complexity index is 577. The standard InChI is InChI=1S/C16H14O2/c1-11-3-5-14(6-4-11)15-9-7-13(8-10-15)12(2)16(17)18/h3-10H,2H2,1H3,(H,17,18). The second-order valence-electron chi connectivity index (χ2n) is 4.23. The van der Waals surface area contributed by atoms with Gasteiger partial charge in [-0.05, 0) is 23.6 Å². The molecular weight excluding hydrogens is 224 g/mol. The van der Waals surface area contributed by atoms with E-state index in [1.807, 2.05) is 19.1 Å². The minimum Gasteiger partial charge on any atom is -0.478 e. The summed E-state index contributed by atoms with van der Waals surface area (Å²) in [7, 11) is 0. The normalized spacial score (nSPS) is 10.1. The second kappa shape index (κ2) is 4.88. The van der Waals surface area contributed by atoms with E-state index in [1.165, 1.54) is 5.56 Å². The van der Waals surface area contributed by atoms with Gasteiger partial charge >= 0.3 is 5.97 Å². The van der Waals surface area contributed by atoms with Gasteiger partial charge < -0.3 is 5.11 Å². The highest BCUT2D eigenvalue weighted by atomic mass is 16.4. The summed E-state index contributed by atoms with van der Waals surface area (Å²) in [5, 5.41) is 8.85. The maximum Gasteiger partial charge on any atom is 0.335 e. The van der Waals surface area contributed by atoms with Gasteiger partial charge in [-0.15, -0.1) is 0 Å². The molecule has 2 aromatic carbocycles. The third-order valence-electron chi connectivity index (χ3n) is 2.88.